The highest BCUT2D eigenvalue weighted by molar-refractivity contribution is 14.1. The molecule has 0 unspecified atom stereocenters. The molecule has 0 fully saturated rings. The summed E-state index contributed by atoms with van der Waals surface area (Å²) in [4.78, 5) is 25.3. The molecule has 0 bridgehead atoms. The summed E-state index contributed by atoms with van der Waals surface area (Å²) in [5.41, 5.74) is 0.238. The largest absolute Gasteiger partial charge is 0.270 e. The van der Waals surface area contributed by atoms with Crippen LogP contribution in [0.1, 0.15) is 26.3 Å². The summed E-state index contributed by atoms with van der Waals surface area (Å²) < 4.78 is 28.1. The minimum atomic E-state index is -0.777. The molecule has 1 aliphatic rings. The first-order valence-corrected chi connectivity index (χ1v) is 7.15. The summed E-state index contributed by atoms with van der Waals surface area (Å²) in [7, 11) is 0. The average molecular weight is 399 g/mol. The maximum atomic E-state index is 13.7. The lowest BCUT2D eigenvalue weighted by atomic mass is 10.1. The van der Waals surface area contributed by atoms with E-state index in [0.717, 1.165) is 20.6 Å². The molecule has 0 aliphatic carbocycles. The van der Waals surface area contributed by atoms with Crippen LogP contribution in [0, 0.1) is 15.2 Å². The van der Waals surface area contributed by atoms with E-state index in [2.05, 4.69) is 0 Å². The highest BCUT2D eigenvalue weighted by atomic mass is 127. The Kier molecular flexibility index (Phi) is 3.48. The van der Waals surface area contributed by atoms with E-state index in [1.54, 1.807) is 18.2 Å². The number of carbonyl (C=O) groups is 2. The minimum absolute atomic E-state index is 0.261. The summed E-state index contributed by atoms with van der Waals surface area (Å²) in [5.74, 6) is -2.62. The first kappa shape index (κ1) is 14.1. The van der Waals surface area contributed by atoms with Crippen molar-refractivity contribution in [2.45, 2.75) is 6.54 Å². The second-order valence-electron chi connectivity index (χ2n) is 4.59. The highest BCUT2D eigenvalue weighted by Crippen LogP contribution is 2.27. The van der Waals surface area contributed by atoms with Crippen molar-refractivity contribution in [3.05, 3.63) is 68.3 Å². The van der Waals surface area contributed by atoms with E-state index >= 15 is 0 Å². The number of carbonyl (C=O) groups excluding carboxylic acids is 2. The first-order valence-electron chi connectivity index (χ1n) is 6.07. The quantitative estimate of drug-likeness (QED) is 0.574. The fourth-order valence-electron chi connectivity index (χ4n) is 2.25. The van der Waals surface area contributed by atoms with Crippen LogP contribution in [0.5, 0.6) is 0 Å². The van der Waals surface area contributed by atoms with Gasteiger partial charge in [-0.05, 0) is 52.9 Å². The number of hydrogen-bond acceptors (Lipinski definition) is 2. The second kappa shape index (κ2) is 5.18. The molecule has 0 N–H and O–H groups in total. The van der Waals surface area contributed by atoms with E-state index in [1.165, 1.54) is 6.07 Å². The van der Waals surface area contributed by atoms with Gasteiger partial charge in [0.15, 0.2) is 0 Å². The third-order valence-corrected chi connectivity index (χ3v) is 3.98. The van der Waals surface area contributed by atoms with E-state index in [1.807, 2.05) is 22.6 Å². The van der Waals surface area contributed by atoms with Crippen molar-refractivity contribution in [3.8, 4) is 0 Å². The molecule has 2 aromatic carbocycles. The third-order valence-electron chi connectivity index (χ3n) is 3.31. The zero-order valence-corrected chi connectivity index (χ0v) is 12.7. The van der Waals surface area contributed by atoms with Crippen molar-refractivity contribution in [2.24, 2.45) is 0 Å². The van der Waals surface area contributed by atoms with Gasteiger partial charge >= 0.3 is 0 Å². The Morgan fingerprint density at radius 1 is 0.952 bits per heavy atom. The Morgan fingerprint density at radius 2 is 1.57 bits per heavy atom. The van der Waals surface area contributed by atoms with E-state index in [0.29, 0.717) is 0 Å². The standard InChI is InChI=1S/C15H8F2INO2/c16-12-2-1-3-13(17)11(12)7-19-14(20)9-5-4-8(18)6-10(9)15(19)21/h1-6H,7H2. The SMILES string of the molecule is O=C1c2ccc(I)cc2C(=O)N1Cc1c(F)cccc1F. The van der Waals surface area contributed by atoms with Crippen LogP contribution >= 0.6 is 22.6 Å². The maximum absolute atomic E-state index is 13.7. The third kappa shape index (κ3) is 2.33. The number of nitrogens with zero attached hydrogens (tertiary/aromatic N) is 1. The molecule has 2 amide bonds. The predicted molar refractivity (Wildman–Crippen MR) is 79.7 cm³/mol. The molecule has 3 rings (SSSR count). The Balaban J connectivity index is 1.99. The van der Waals surface area contributed by atoms with Gasteiger partial charge in [0, 0.05) is 9.13 Å². The van der Waals surface area contributed by atoms with E-state index < -0.39 is 30.0 Å². The van der Waals surface area contributed by atoms with Crippen molar-refractivity contribution in [3.63, 3.8) is 0 Å². The molecule has 21 heavy (non-hydrogen) atoms. The predicted octanol–water partition coefficient (Wildman–Crippen LogP) is 3.37. The van der Waals surface area contributed by atoms with Crippen molar-refractivity contribution in [1.29, 1.82) is 0 Å². The van der Waals surface area contributed by atoms with Crippen LogP contribution in [-0.2, 0) is 6.54 Å². The number of amides is 2. The van der Waals surface area contributed by atoms with Crippen LogP contribution in [0.15, 0.2) is 36.4 Å². The zero-order chi connectivity index (χ0) is 15.1. The van der Waals surface area contributed by atoms with Gasteiger partial charge in [0.2, 0.25) is 0 Å². The van der Waals surface area contributed by atoms with Crippen LogP contribution in [0.2, 0.25) is 0 Å². The van der Waals surface area contributed by atoms with E-state index in [9.17, 15) is 18.4 Å². The Hall–Kier alpha value is -1.83. The molecule has 0 spiro atoms. The van der Waals surface area contributed by atoms with E-state index in [4.69, 9.17) is 0 Å². The van der Waals surface area contributed by atoms with Gasteiger partial charge in [0.05, 0.1) is 17.7 Å². The number of rotatable bonds is 2. The molecular formula is C15H8F2INO2. The molecular weight excluding hydrogens is 391 g/mol. The molecule has 0 atom stereocenters. The fraction of sp³-hybridized carbons (Fsp3) is 0.0667. The van der Waals surface area contributed by atoms with Crippen molar-refractivity contribution in [2.75, 3.05) is 0 Å². The van der Waals surface area contributed by atoms with Gasteiger partial charge in [-0.3, -0.25) is 14.5 Å². The van der Waals surface area contributed by atoms with Crippen molar-refractivity contribution >= 4 is 34.4 Å². The lowest BCUT2D eigenvalue weighted by molar-refractivity contribution is 0.0639. The molecule has 3 nitrogen and oxygen atoms in total. The van der Waals surface area contributed by atoms with Crippen molar-refractivity contribution < 1.29 is 18.4 Å². The van der Waals surface area contributed by atoms with Gasteiger partial charge in [0.1, 0.15) is 11.6 Å². The first-order chi connectivity index (χ1) is 9.99. The molecule has 1 aliphatic heterocycles. The Labute approximate surface area is 132 Å². The van der Waals surface area contributed by atoms with Crippen LogP contribution in [0.4, 0.5) is 8.78 Å². The highest BCUT2D eigenvalue weighted by Gasteiger charge is 2.36. The molecule has 2 aromatic rings. The maximum Gasteiger partial charge on any atom is 0.261 e. The molecule has 1 heterocycles. The van der Waals surface area contributed by atoms with Gasteiger partial charge in [0.25, 0.3) is 11.8 Å². The molecule has 106 valence electrons. The molecule has 0 saturated carbocycles. The van der Waals surface area contributed by atoms with Gasteiger partial charge in [-0.2, -0.15) is 0 Å². The lowest BCUT2D eigenvalue weighted by Crippen LogP contribution is -2.30. The molecule has 0 saturated heterocycles. The molecule has 6 heteroatoms. The minimum Gasteiger partial charge on any atom is -0.270 e. The second-order valence-corrected chi connectivity index (χ2v) is 5.83. The molecule has 0 aromatic heterocycles. The average Bonchev–Trinajstić information content (AvgIpc) is 2.67. The number of benzene rings is 2. The zero-order valence-electron chi connectivity index (χ0n) is 10.6. The van der Waals surface area contributed by atoms with Crippen LogP contribution in [0.25, 0.3) is 0 Å². The number of hydrogen-bond donors (Lipinski definition) is 0. The van der Waals surface area contributed by atoms with Gasteiger partial charge in [-0.1, -0.05) is 6.07 Å². The van der Waals surface area contributed by atoms with Crippen LogP contribution < -0.4 is 0 Å². The molecule has 0 radical (unpaired) electrons. The summed E-state index contributed by atoms with van der Waals surface area (Å²) in [6.07, 6.45) is 0. The van der Waals surface area contributed by atoms with E-state index in [-0.39, 0.29) is 16.7 Å². The summed E-state index contributed by atoms with van der Waals surface area (Å²) in [6, 6.07) is 8.28. The number of imide groups is 1. The van der Waals surface area contributed by atoms with Gasteiger partial charge < -0.3 is 0 Å². The van der Waals surface area contributed by atoms with Crippen LogP contribution in [0.3, 0.4) is 0 Å². The monoisotopic (exact) mass is 399 g/mol. The lowest BCUT2D eigenvalue weighted by Gasteiger charge is -2.14. The van der Waals surface area contributed by atoms with Crippen LogP contribution in [-0.4, -0.2) is 16.7 Å². The normalized spacial score (nSPS) is 13.8. The van der Waals surface area contributed by atoms with Gasteiger partial charge in [-0.25, -0.2) is 8.78 Å². The number of halogens is 3. The fourth-order valence-corrected chi connectivity index (χ4v) is 2.74. The summed E-state index contributed by atoms with van der Waals surface area (Å²) >= 11 is 2.03. The van der Waals surface area contributed by atoms with Crippen molar-refractivity contribution in [1.82, 2.24) is 4.90 Å². The number of fused-ring (bicyclic) bond motifs is 1. The topological polar surface area (TPSA) is 37.4 Å². The Bertz CT molecular complexity index is 756. The van der Waals surface area contributed by atoms with Gasteiger partial charge in [-0.15, -0.1) is 0 Å². The summed E-state index contributed by atoms with van der Waals surface area (Å²) in [5, 5.41) is 0. The Morgan fingerprint density at radius 3 is 2.24 bits per heavy atom. The summed E-state index contributed by atoms with van der Waals surface area (Å²) in [6.45, 7) is -0.415. The smallest absolute Gasteiger partial charge is 0.261 e.